The fourth-order valence-electron chi connectivity index (χ4n) is 3.35. The van der Waals surface area contributed by atoms with Crippen molar-refractivity contribution in [1.29, 1.82) is 0 Å². The molecular formula is C20H24N4O5S. The van der Waals surface area contributed by atoms with Gasteiger partial charge in [0.2, 0.25) is 5.91 Å². The Kier molecular flexibility index (Phi) is 6.68. The highest BCUT2D eigenvalue weighted by Crippen LogP contribution is 2.27. The van der Waals surface area contributed by atoms with Crippen LogP contribution in [0.2, 0.25) is 0 Å². The normalized spacial score (nSPS) is 15.5. The van der Waals surface area contributed by atoms with Crippen LogP contribution in [0.25, 0.3) is 0 Å². The van der Waals surface area contributed by atoms with Gasteiger partial charge in [-0.2, -0.15) is 0 Å². The molecule has 1 aliphatic heterocycles. The van der Waals surface area contributed by atoms with E-state index in [2.05, 4.69) is 10.2 Å². The first-order valence-corrected chi connectivity index (χ1v) is 11.0. The number of nitrogens with one attached hydrogen (secondary N) is 1. The van der Waals surface area contributed by atoms with Crippen LogP contribution in [0, 0.1) is 10.1 Å². The van der Waals surface area contributed by atoms with E-state index in [1.165, 1.54) is 30.3 Å². The molecule has 0 spiro atoms. The summed E-state index contributed by atoms with van der Waals surface area (Å²) in [5.74, 6) is -0.449. The second kappa shape index (κ2) is 9.23. The van der Waals surface area contributed by atoms with Gasteiger partial charge in [-0.15, -0.1) is 0 Å². The summed E-state index contributed by atoms with van der Waals surface area (Å²) in [7, 11) is -2.09. The van der Waals surface area contributed by atoms with Crippen molar-refractivity contribution in [3.63, 3.8) is 0 Å². The topological polar surface area (TPSA) is 113 Å². The van der Waals surface area contributed by atoms with Crippen molar-refractivity contribution in [1.82, 2.24) is 10.2 Å². The highest BCUT2D eigenvalue weighted by atomic mass is 32.2. The van der Waals surface area contributed by atoms with E-state index in [4.69, 9.17) is 0 Å². The number of carbonyl (C=O) groups excluding carboxylic acids is 1. The third-order valence-electron chi connectivity index (χ3n) is 5.03. The fraction of sp³-hybridized carbons (Fsp3) is 0.350. The van der Waals surface area contributed by atoms with Crippen LogP contribution >= 0.6 is 0 Å². The van der Waals surface area contributed by atoms with Crippen LogP contribution in [0.1, 0.15) is 12.8 Å². The lowest BCUT2D eigenvalue weighted by molar-refractivity contribution is -0.384. The Labute approximate surface area is 175 Å². The summed E-state index contributed by atoms with van der Waals surface area (Å²) in [6, 6.07) is 12.9. The maximum absolute atomic E-state index is 13.3. The van der Waals surface area contributed by atoms with Crippen LogP contribution in [0.4, 0.5) is 11.4 Å². The van der Waals surface area contributed by atoms with Gasteiger partial charge in [-0.3, -0.25) is 19.2 Å². The fourth-order valence-corrected chi connectivity index (χ4v) is 4.79. The number of piperidine rings is 1. The Balaban J connectivity index is 1.89. The van der Waals surface area contributed by atoms with Crippen LogP contribution in [0.15, 0.2) is 59.5 Å². The molecule has 1 fully saturated rings. The third kappa shape index (κ3) is 5.14. The van der Waals surface area contributed by atoms with Gasteiger partial charge in [0.15, 0.2) is 0 Å². The maximum Gasteiger partial charge on any atom is 0.271 e. The number of nitro groups is 1. The molecule has 10 heteroatoms. The summed E-state index contributed by atoms with van der Waals surface area (Å²) in [5.41, 5.74) is -0.192. The van der Waals surface area contributed by atoms with Crippen molar-refractivity contribution >= 4 is 27.3 Å². The molecule has 2 aromatic carbocycles. The number of non-ortho nitro benzene ring substituents is 1. The number of amides is 1. The molecule has 1 N–H and O–H groups in total. The first-order chi connectivity index (χ1) is 14.3. The summed E-state index contributed by atoms with van der Waals surface area (Å²) in [5, 5.41) is 14.1. The second-order valence-electron chi connectivity index (χ2n) is 7.25. The molecule has 0 radical (unpaired) electrons. The monoisotopic (exact) mass is 432 g/mol. The Morgan fingerprint density at radius 1 is 1.17 bits per heavy atom. The molecule has 0 atom stereocenters. The summed E-state index contributed by atoms with van der Waals surface area (Å²) in [4.78, 5) is 25.4. The van der Waals surface area contributed by atoms with Crippen molar-refractivity contribution in [2.45, 2.75) is 23.8 Å². The molecule has 1 saturated heterocycles. The quantitative estimate of drug-likeness (QED) is 0.529. The van der Waals surface area contributed by atoms with Crippen LogP contribution in [0.5, 0.6) is 0 Å². The van der Waals surface area contributed by atoms with E-state index in [1.54, 1.807) is 18.2 Å². The Bertz CT molecular complexity index is 1000. The number of hydrogen-bond donors (Lipinski definition) is 1. The first-order valence-electron chi connectivity index (χ1n) is 9.57. The standard InChI is InChI=1S/C20H24N4O5S/c1-22-12-10-16(11-13-22)21-20(25)15-23(17-6-5-7-18(14-17)24(26)27)30(28,29)19-8-3-2-4-9-19/h2-9,14,16H,10-13,15H2,1H3,(H,21,25). The van der Waals surface area contributed by atoms with Crippen molar-refractivity contribution < 1.29 is 18.1 Å². The van der Waals surface area contributed by atoms with E-state index in [-0.39, 0.29) is 22.3 Å². The minimum Gasteiger partial charge on any atom is -0.352 e. The third-order valence-corrected chi connectivity index (χ3v) is 6.82. The van der Waals surface area contributed by atoms with Gasteiger partial charge < -0.3 is 10.2 Å². The van der Waals surface area contributed by atoms with Crippen molar-refractivity contribution in [3.8, 4) is 0 Å². The molecule has 160 valence electrons. The molecule has 9 nitrogen and oxygen atoms in total. The predicted molar refractivity (Wildman–Crippen MR) is 113 cm³/mol. The molecular weight excluding hydrogens is 408 g/mol. The molecule has 0 aliphatic carbocycles. The highest BCUT2D eigenvalue weighted by Gasteiger charge is 2.29. The number of nitro benzene ring substituents is 1. The average Bonchev–Trinajstić information content (AvgIpc) is 2.74. The van der Waals surface area contributed by atoms with E-state index in [0.29, 0.717) is 0 Å². The minimum atomic E-state index is -4.10. The van der Waals surface area contributed by atoms with Gasteiger partial charge in [-0.25, -0.2) is 8.42 Å². The Hall–Kier alpha value is -2.98. The van der Waals surface area contributed by atoms with Gasteiger partial charge >= 0.3 is 0 Å². The lowest BCUT2D eigenvalue weighted by Crippen LogP contribution is -2.47. The number of anilines is 1. The van der Waals surface area contributed by atoms with Gasteiger partial charge in [0.05, 0.1) is 15.5 Å². The summed E-state index contributed by atoms with van der Waals surface area (Å²) in [6.07, 6.45) is 1.56. The molecule has 1 aliphatic rings. The zero-order valence-electron chi connectivity index (χ0n) is 16.6. The van der Waals surface area contributed by atoms with E-state index >= 15 is 0 Å². The van der Waals surface area contributed by atoms with Gasteiger partial charge in [0.1, 0.15) is 6.54 Å². The molecule has 0 unspecified atom stereocenters. The Morgan fingerprint density at radius 3 is 2.47 bits per heavy atom. The predicted octanol–water partition coefficient (Wildman–Crippen LogP) is 2.00. The molecule has 0 saturated carbocycles. The average molecular weight is 433 g/mol. The lowest BCUT2D eigenvalue weighted by Gasteiger charge is -2.30. The lowest BCUT2D eigenvalue weighted by atomic mass is 10.1. The molecule has 2 aromatic rings. The van der Waals surface area contributed by atoms with Crippen molar-refractivity contribution in [2.75, 3.05) is 31.0 Å². The molecule has 1 amide bonds. The van der Waals surface area contributed by atoms with Gasteiger partial charge in [-0.1, -0.05) is 24.3 Å². The number of nitrogens with zero attached hydrogens (tertiary/aromatic N) is 3. The Morgan fingerprint density at radius 2 is 1.83 bits per heavy atom. The number of hydrogen-bond acceptors (Lipinski definition) is 6. The van der Waals surface area contributed by atoms with E-state index < -0.39 is 27.4 Å². The zero-order chi connectivity index (χ0) is 21.7. The van der Waals surface area contributed by atoms with Crippen LogP contribution in [-0.2, 0) is 14.8 Å². The first kappa shape index (κ1) is 21.7. The molecule has 30 heavy (non-hydrogen) atoms. The molecule has 0 bridgehead atoms. The van der Waals surface area contributed by atoms with E-state index in [1.807, 2.05) is 7.05 Å². The number of sulfonamides is 1. The summed E-state index contributed by atoms with van der Waals surface area (Å²) >= 11 is 0. The van der Waals surface area contributed by atoms with Gasteiger partial charge in [0.25, 0.3) is 15.7 Å². The number of rotatable bonds is 7. The largest absolute Gasteiger partial charge is 0.352 e. The van der Waals surface area contributed by atoms with Crippen molar-refractivity contribution in [3.05, 3.63) is 64.7 Å². The van der Waals surface area contributed by atoms with Gasteiger partial charge in [0, 0.05) is 18.2 Å². The number of benzene rings is 2. The van der Waals surface area contributed by atoms with E-state index in [0.717, 1.165) is 36.3 Å². The highest BCUT2D eigenvalue weighted by molar-refractivity contribution is 7.92. The number of likely N-dealkylation sites (tertiary alicyclic amines) is 1. The van der Waals surface area contributed by atoms with Crippen LogP contribution in [-0.4, -0.2) is 56.9 Å². The smallest absolute Gasteiger partial charge is 0.271 e. The second-order valence-corrected chi connectivity index (χ2v) is 9.11. The molecule has 0 aromatic heterocycles. The zero-order valence-corrected chi connectivity index (χ0v) is 17.4. The van der Waals surface area contributed by atoms with Crippen LogP contribution < -0.4 is 9.62 Å². The van der Waals surface area contributed by atoms with Crippen LogP contribution in [0.3, 0.4) is 0 Å². The maximum atomic E-state index is 13.3. The number of carbonyl (C=O) groups is 1. The SMILES string of the molecule is CN1CCC(NC(=O)CN(c2cccc([N+](=O)[O-])c2)S(=O)(=O)c2ccccc2)CC1. The molecule has 3 rings (SSSR count). The van der Waals surface area contributed by atoms with E-state index in [9.17, 15) is 23.3 Å². The minimum absolute atomic E-state index is 0.00333. The molecule has 1 heterocycles. The van der Waals surface area contributed by atoms with Crippen molar-refractivity contribution in [2.24, 2.45) is 0 Å². The van der Waals surface area contributed by atoms with Gasteiger partial charge in [-0.05, 0) is 51.2 Å². The summed E-state index contributed by atoms with van der Waals surface area (Å²) < 4.78 is 27.4. The summed E-state index contributed by atoms with van der Waals surface area (Å²) in [6.45, 7) is 1.23.